The van der Waals surface area contributed by atoms with E-state index in [2.05, 4.69) is 0 Å². The van der Waals surface area contributed by atoms with Gasteiger partial charge in [0.1, 0.15) is 0 Å². The predicted octanol–water partition coefficient (Wildman–Crippen LogP) is 3.61. The first kappa shape index (κ1) is 12.6. The molecule has 0 aliphatic carbocycles. The van der Waals surface area contributed by atoms with E-state index < -0.39 is 0 Å². The second kappa shape index (κ2) is 5.19. The summed E-state index contributed by atoms with van der Waals surface area (Å²) in [7, 11) is 3.22. The molecular weight excluding hydrogens is 250 g/mol. The Morgan fingerprint density at radius 3 is 2.11 bits per heavy atom. The molecule has 2 rings (SSSR count). The highest BCUT2D eigenvalue weighted by atomic mass is 35.5. The fourth-order valence-electron chi connectivity index (χ4n) is 1.74. The van der Waals surface area contributed by atoms with Crippen molar-refractivity contribution in [1.82, 2.24) is 0 Å². The van der Waals surface area contributed by atoms with E-state index in [9.17, 15) is 0 Å². The summed E-state index contributed by atoms with van der Waals surface area (Å²) in [6.07, 6.45) is 0. The van der Waals surface area contributed by atoms with E-state index in [0.29, 0.717) is 22.2 Å². The Bertz CT molecular complexity index is 570. The van der Waals surface area contributed by atoms with E-state index in [1.165, 1.54) is 0 Å². The van der Waals surface area contributed by atoms with E-state index in [4.69, 9.17) is 26.8 Å². The van der Waals surface area contributed by atoms with Gasteiger partial charge in [-0.2, -0.15) is 0 Å². The average molecular weight is 264 g/mol. The summed E-state index contributed by atoms with van der Waals surface area (Å²) in [5.41, 5.74) is 8.34. The molecule has 0 fully saturated rings. The van der Waals surface area contributed by atoms with Crippen LogP contribution < -0.4 is 15.2 Å². The number of halogens is 1. The maximum Gasteiger partial charge on any atom is 0.161 e. The molecule has 0 aliphatic rings. The molecule has 0 amide bonds. The summed E-state index contributed by atoms with van der Waals surface area (Å²) in [5.74, 6) is 1.38. The second-order valence-corrected chi connectivity index (χ2v) is 4.21. The topological polar surface area (TPSA) is 44.5 Å². The minimum absolute atomic E-state index is 0.555. The van der Waals surface area contributed by atoms with Crippen molar-refractivity contribution >= 4 is 17.3 Å². The molecule has 18 heavy (non-hydrogen) atoms. The molecule has 94 valence electrons. The lowest BCUT2D eigenvalue weighted by Gasteiger charge is -2.10. The van der Waals surface area contributed by atoms with Crippen molar-refractivity contribution in [2.45, 2.75) is 0 Å². The predicted molar refractivity (Wildman–Crippen MR) is 74.4 cm³/mol. The summed E-state index contributed by atoms with van der Waals surface area (Å²) >= 11 is 5.90. The minimum atomic E-state index is 0.555. The summed E-state index contributed by atoms with van der Waals surface area (Å²) in [6.45, 7) is 0. The van der Waals surface area contributed by atoms with Crippen LogP contribution in [-0.2, 0) is 0 Å². The molecule has 0 saturated heterocycles. The number of nitrogens with two attached hydrogens (primary N) is 1. The maximum atomic E-state index is 5.90. The first-order chi connectivity index (χ1) is 8.65. The first-order valence-corrected chi connectivity index (χ1v) is 5.81. The Labute approximate surface area is 111 Å². The van der Waals surface area contributed by atoms with Crippen LogP contribution >= 0.6 is 11.6 Å². The van der Waals surface area contributed by atoms with Gasteiger partial charge in [-0.25, -0.2) is 0 Å². The van der Waals surface area contributed by atoms with Crippen molar-refractivity contribution in [3.8, 4) is 22.6 Å². The third-order valence-electron chi connectivity index (χ3n) is 2.71. The van der Waals surface area contributed by atoms with Crippen LogP contribution in [0.25, 0.3) is 11.1 Å². The molecule has 0 heterocycles. The van der Waals surface area contributed by atoms with Crippen molar-refractivity contribution in [3.63, 3.8) is 0 Å². The fourth-order valence-corrected chi connectivity index (χ4v) is 1.86. The van der Waals surface area contributed by atoms with Gasteiger partial charge < -0.3 is 15.2 Å². The van der Waals surface area contributed by atoms with Gasteiger partial charge in [-0.15, -0.1) is 0 Å². The van der Waals surface area contributed by atoms with Crippen molar-refractivity contribution in [2.75, 3.05) is 20.0 Å². The van der Waals surface area contributed by atoms with E-state index in [0.717, 1.165) is 11.1 Å². The molecule has 0 unspecified atom stereocenters. The number of nitrogen functional groups attached to an aromatic ring is 1. The number of hydrogen-bond donors (Lipinski definition) is 1. The van der Waals surface area contributed by atoms with Crippen LogP contribution in [0.15, 0.2) is 36.4 Å². The minimum Gasteiger partial charge on any atom is -0.493 e. The number of benzene rings is 2. The zero-order chi connectivity index (χ0) is 13.1. The summed E-state index contributed by atoms with van der Waals surface area (Å²) < 4.78 is 10.5. The van der Waals surface area contributed by atoms with Crippen molar-refractivity contribution in [3.05, 3.63) is 41.4 Å². The SMILES string of the molecule is COc1ccc(-c2ccc(Cl)c(N)c2)cc1OC. The lowest BCUT2D eigenvalue weighted by Crippen LogP contribution is -1.91. The van der Waals surface area contributed by atoms with Gasteiger partial charge in [-0.3, -0.25) is 0 Å². The van der Waals surface area contributed by atoms with Crippen LogP contribution in [-0.4, -0.2) is 14.2 Å². The summed E-state index contributed by atoms with van der Waals surface area (Å²) in [4.78, 5) is 0. The number of rotatable bonds is 3. The van der Waals surface area contributed by atoms with Gasteiger partial charge >= 0.3 is 0 Å². The van der Waals surface area contributed by atoms with Crippen molar-refractivity contribution in [1.29, 1.82) is 0 Å². The molecule has 0 radical (unpaired) electrons. The van der Waals surface area contributed by atoms with Crippen LogP contribution in [0.5, 0.6) is 11.5 Å². The largest absolute Gasteiger partial charge is 0.493 e. The molecule has 0 aliphatic heterocycles. The van der Waals surface area contributed by atoms with Crippen LogP contribution in [0.4, 0.5) is 5.69 Å². The Morgan fingerprint density at radius 1 is 0.889 bits per heavy atom. The zero-order valence-corrected chi connectivity index (χ0v) is 11.0. The number of hydrogen-bond acceptors (Lipinski definition) is 3. The molecule has 0 aromatic heterocycles. The van der Waals surface area contributed by atoms with Crippen molar-refractivity contribution < 1.29 is 9.47 Å². The fraction of sp³-hybridized carbons (Fsp3) is 0.143. The Morgan fingerprint density at radius 2 is 1.50 bits per heavy atom. The zero-order valence-electron chi connectivity index (χ0n) is 10.2. The maximum absolute atomic E-state index is 5.90. The summed E-state index contributed by atoms with van der Waals surface area (Å²) in [6, 6.07) is 11.2. The third-order valence-corrected chi connectivity index (χ3v) is 3.06. The van der Waals surface area contributed by atoms with Gasteiger partial charge in [0.15, 0.2) is 11.5 Å². The van der Waals surface area contributed by atoms with Gasteiger partial charge in [0, 0.05) is 0 Å². The quantitative estimate of drug-likeness (QED) is 0.861. The number of methoxy groups -OCH3 is 2. The number of ether oxygens (including phenoxy) is 2. The molecular formula is C14H14ClNO2. The van der Waals surface area contributed by atoms with Crippen molar-refractivity contribution in [2.24, 2.45) is 0 Å². The molecule has 2 aromatic rings. The van der Waals surface area contributed by atoms with E-state index in [-0.39, 0.29) is 0 Å². The summed E-state index contributed by atoms with van der Waals surface area (Å²) in [5, 5.41) is 0.555. The van der Waals surface area contributed by atoms with Gasteiger partial charge in [-0.05, 0) is 35.4 Å². The average Bonchev–Trinajstić information content (AvgIpc) is 2.41. The smallest absolute Gasteiger partial charge is 0.161 e. The first-order valence-electron chi connectivity index (χ1n) is 5.43. The Balaban J connectivity index is 2.47. The molecule has 2 aromatic carbocycles. The molecule has 0 spiro atoms. The van der Waals surface area contributed by atoms with Gasteiger partial charge in [0.25, 0.3) is 0 Å². The van der Waals surface area contributed by atoms with E-state index in [1.807, 2.05) is 30.3 Å². The molecule has 3 nitrogen and oxygen atoms in total. The van der Waals surface area contributed by atoms with Gasteiger partial charge in [0.2, 0.25) is 0 Å². The van der Waals surface area contributed by atoms with Gasteiger partial charge in [-0.1, -0.05) is 23.7 Å². The monoisotopic (exact) mass is 263 g/mol. The van der Waals surface area contributed by atoms with Crippen LogP contribution in [0.1, 0.15) is 0 Å². The van der Waals surface area contributed by atoms with Crippen LogP contribution in [0.3, 0.4) is 0 Å². The second-order valence-electron chi connectivity index (χ2n) is 3.81. The Kier molecular flexibility index (Phi) is 3.63. The molecule has 2 N–H and O–H groups in total. The lowest BCUT2D eigenvalue weighted by molar-refractivity contribution is 0.355. The Hall–Kier alpha value is -1.87. The van der Waals surface area contributed by atoms with E-state index in [1.54, 1.807) is 20.3 Å². The molecule has 0 atom stereocenters. The highest BCUT2D eigenvalue weighted by molar-refractivity contribution is 6.33. The molecule has 4 heteroatoms. The molecule has 0 saturated carbocycles. The standard InChI is InChI=1S/C14H14ClNO2/c1-17-13-6-4-10(8-14(13)18-2)9-3-5-11(15)12(16)7-9/h3-8H,16H2,1-2H3. The molecule has 0 bridgehead atoms. The highest BCUT2D eigenvalue weighted by Crippen LogP contribution is 2.33. The van der Waals surface area contributed by atoms with E-state index >= 15 is 0 Å². The third kappa shape index (κ3) is 2.36. The van der Waals surface area contributed by atoms with Crippen LogP contribution in [0, 0.1) is 0 Å². The van der Waals surface area contributed by atoms with Gasteiger partial charge in [0.05, 0.1) is 24.9 Å². The normalized spacial score (nSPS) is 10.2. The lowest BCUT2D eigenvalue weighted by atomic mass is 10.0. The highest BCUT2D eigenvalue weighted by Gasteiger charge is 2.07. The number of anilines is 1. The van der Waals surface area contributed by atoms with Crippen LogP contribution in [0.2, 0.25) is 5.02 Å².